The summed E-state index contributed by atoms with van der Waals surface area (Å²) >= 11 is 1.54. The van der Waals surface area contributed by atoms with E-state index in [0.29, 0.717) is 11.6 Å². The summed E-state index contributed by atoms with van der Waals surface area (Å²) in [6.45, 7) is 7.76. The molecular formula is C13H21N3OS. The number of nitrogens with zero attached hydrogens (tertiary/aromatic N) is 2. The van der Waals surface area contributed by atoms with E-state index in [4.69, 9.17) is 0 Å². The van der Waals surface area contributed by atoms with Crippen molar-refractivity contribution in [2.75, 3.05) is 26.2 Å². The van der Waals surface area contributed by atoms with Crippen molar-refractivity contribution < 1.29 is 4.79 Å². The first-order chi connectivity index (χ1) is 8.70. The molecule has 0 atom stereocenters. The molecule has 1 N–H and O–H groups in total. The molecule has 1 saturated heterocycles. The van der Waals surface area contributed by atoms with Gasteiger partial charge in [0.1, 0.15) is 5.69 Å². The molecule has 4 nitrogen and oxygen atoms in total. The van der Waals surface area contributed by atoms with Gasteiger partial charge in [0, 0.05) is 18.5 Å². The molecule has 0 bridgehead atoms. The molecule has 0 saturated carbocycles. The van der Waals surface area contributed by atoms with Gasteiger partial charge in [-0.3, -0.25) is 4.79 Å². The zero-order chi connectivity index (χ0) is 13.0. The van der Waals surface area contributed by atoms with E-state index < -0.39 is 0 Å². The average molecular weight is 267 g/mol. The third-order valence-electron chi connectivity index (χ3n) is 3.44. The lowest BCUT2D eigenvalue weighted by molar-refractivity contribution is 0.0721. The molecule has 0 aliphatic carbocycles. The fourth-order valence-electron chi connectivity index (χ4n) is 2.36. The summed E-state index contributed by atoms with van der Waals surface area (Å²) in [5, 5.41) is 6.17. The zero-order valence-electron chi connectivity index (χ0n) is 11.1. The molecule has 1 aliphatic heterocycles. The van der Waals surface area contributed by atoms with Crippen LogP contribution in [-0.2, 0) is 0 Å². The summed E-state index contributed by atoms with van der Waals surface area (Å²) in [4.78, 5) is 18.5. The second-order valence-electron chi connectivity index (χ2n) is 4.79. The van der Waals surface area contributed by atoms with Crippen LogP contribution in [0.15, 0.2) is 5.38 Å². The Labute approximate surface area is 112 Å². The molecule has 2 rings (SSSR count). The van der Waals surface area contributed by atoms with Crippen LogP contribution < -0.4 is 5.32 Å². The van der Waals surface area contributed by atoms with Crippen LogP contribution >= 0.6 is 11.3 Å². The van der Waals surface area contributed by atoms with Gasteiger partial charge in [-0.1, -0.05) is 0 Å². The Kier molecular flexibility index (Phi) is 4.72. The molecule has 0 aromatic carbocycles. The van der Waals surface area contributed by atoms with Gasteiger partial charge in [0.2, 0.25) is 0 Å². The number of rotatable bonds is 4. The minimum absolute atomic E-state index is 0.0837. The smallest absolute Gasteiger partial charge is 0.273 e. The van der Waals surface area contributed by atoms with Crippen LogP contribution in [0.3, 0.4) is 0 Å². The molecule has 18 heavy (non-hydrogen) atoms. The van der Waals surface area contributed by atoms with E-state index in [1.165, 1.54) is 24.2 Å². The van der Waals surface area contributed by atoms with Crippen molar-refractivity contribution in [1.82, 2.24) is 15.2 Å². The molecule has 0 radical (unpaired) electrons. The molecule has 1 fully saturated rings. The normalized spacial score (nSPS) is 16.8. The van der Waals surface area contributed by atoms with E-state index in [1.807, 2.05) is 24.1 Å². The number of carbonyl (C=O) groups is 1. The van der Waals surface area contributed by atoms with E-state index in [1.54, 1.807) is 0 Å². The van der Waals surface area contributed by atoms with Crippen LogP contribution in [0.4, 0.5) is 0 Å². The van der Waals surface area contributed by atoms with Crippen molar-refractivity contribution >= 4 is 17.2 Å². The maximum absolute atomic E-state index is 12.3. The lowest BCUT2D eigenvalue weighted by atomic mass is 9.97. The highest BCUT2D eigenvalue weighted by Crippen LogP contribution is 2.16. The van der Waals surface area contributed by atoms with Gasteiger partial charge in [-0.05, 0) is 45.7 Å². The van der Waals surface area contributed by atoms with Crippen molar-refractivity contribution in [1.29, 1.82) is 0 Å². The Morgan fingerprint density at radius 1 is 1.56 bits per heavy atom. The number of aromatic nitrogens is 1. The molecule has 1 amide bonds. The first-order valence-corrected chi connectivity index (χ1v) is 7.50. The summed E-state index contributed by atoms with van der Waals surface area (Å²) in [5.74, 6) is 0.718. The highest BCUT2D eigenvalue weighted by Gasteiger charge is 2.21. The molecule has 0 unspecified atom stereocenters. The zero-order valence-corrected chi connectivity index (χ0v) is 11.9. The van der Waals surface area contributed by atoms with E-state index in [-0.39, 0.29) is 5.91 Å². The number of nitrogens with one attached hydrogen (secondary N) is 1. The van der Waals surface area contributed by atoms with Crippen LogP contribution in [0.1, 0.15) is 35.3 Å². The topological polar surface area (TPSA) is 45.2 Å². The van der Waals surface area contributed by atoms with E-state index >= 15 is 0 Å². The van der Waals surface area contributed by atoms with Crippen LogP contribution in [0.2, 0.25) is 0 Å². The number of piperidine rings is 1. The van der Waals surface area contributed by atoms with E-state index in [0.717, 1.165) is 31.2 Å². The van der Waals surface area contributed by atoms with Crippen molar-refractivity contribution in [3.8, 4) is 0 Å². The monoisotopic (exact) mass is 267 g/mol. The second-order valence-corrected chi connectivity index (χ2v) is 5.85. The molecule has 5 heteroatoms. The molecule has 0 spiro atoms. The number of aryl methyl sites for hydroxylation is 1. The quantitative estimate of drug-likeness (QED) is 0.906. The Hall–Kier alpha value is -0.940. The van der Waals surface area contributed by atoms with Crippen LogP contribution in [0, 0.1) is 12.8 Å². The largest absolute Gasteiger partial charge is 0.337 e. The number of thiazole rings is 1. The predicted molar refractivity (Wildman–Crippen MR) is 74.0 cm³/mol. The lowest BCUT2D eigenvalue weighted by Gasteiger charge is -2.29. The van der Waals surface area contributed by atoms with Crippen LogP contribution in [-0.4, -0.2) is 42.0 Å². The number of carbonyl (C=O) groups excluding carboxylic acids is 1. The lowest BCUT2D eigenvalue weighted by Crippen LogP contribution is -2.39. The summed E-state index contributed by atoms with van der Waals surface area (Å²) in [6, 6.07) is 0. The summed E-state index contributed by atoms with van der Waals surface area (Å²) in [5.41, 5.74) is 0.605. The van der Waals surface area contributed by atoms with Gasteiger partial charge in [-0.15, -0.1) is 11.3 Å². The third-order valence-corrected chi connectivity index (χ3v) is 4.22. The van der Waals surface area contributed by atoms with Crippen molar-refractivity contribution in [2.24, 2.45) is 5.92 Å². The molecule has 1 aliphatic rings. The average Bonchev–Trinajstić information content (AvgIpc) is 2.83. The minimum Gasteiger partial charge on any atom is -0.337 e. The number of hydrogen-bond acceptors (Lipinski definition) is 4. The number of amides is 1. The Morgan fingerprint density at radius 3 is 2.83 bits per heavy atom. The Bertz CT molecular complexity index is 399. The SMILES string of the molecule is CCN(CC1CCNCC1)C(=O)c1csc(C)n1. The molecular weight excluding hydrogens is 246 g/mol. The van der Waals surface area contributed by atoms with Gasteiger partial charge in [-0.25, -0.2) is 4.98 Å². The Balaban J connectivity index is 1.97. The summed E-state index contributed by atoms with van der Waals surface area (Å²) < 4.78 is 0. The first-order valence-electron chi connectivity index (χ1n) is 6.62. The molecule has 100 valence electrons. The fraction of sp³-hybridized carbons (Fsp3) is 0.692. The Morgan fingerprint density at radius 2 is 2.28 bits per heavy atom. The van der Waals surface area contributed by atoms with Crippen molar-refractivity contribution in [3.63, 3.8) is 0 Å². The highest BCUT2D eigenvalue weighted by molar-refractivity contribution is 7.09. The predicted octanol–water partition coefficient (Wildman–Crippen LogP) is 1.91. The van der Waals surface area contributed by atoms with E-state index in [9.17, 15) is 4.79 Å². The fourth-order valence-corrected chi connectivity index (χ4v) is 2.94. The molecule has 1 aromatic heterocycles. The third kappa shape index (κ3) is 3.29. The van der Waals surface area contributed by atoms with Crippen molar-refractivity contribution in [3.05, 3.63) is 16.1 Å². The maximum Gasteiger partial charge on any atom is 0.273 e. The van der Waals surface area contributed by atoms with Gasteiger partial charge in [-0.2, -0.15) is 0 Å². The highest BCUT2D eigenvalue weighted by atomic mass is 32.1. The van der Waals surface area contributed by atoms with Crippen LogP contribution in [0.25, 0.3) is 0 Å². The number of hydrogen-bond donors (Lipinski definition) is 1. The van der Waals surface area contributed by atoms with Crippen molar-refractivity contribution in [2.45, 2.75) is 26.7 Å². The molecule has 1 aromatic rings. The summed E-state index contributed by atoms with van der Waals surface area (Å²) in [6.07, 6.45) is 2.33. The maximum atomic E-state index is 12.3. The van der Waals surface area contributed by atoms with Gasteiger partial charge in [0.05, 0.1) is 5.01 Å². The second kappa shape index (κ2) is 6.29. The van der Waals surface area contributed by atoms with Gasteiger partial charge < -0.3 is 10.2 Å². The van der Waals surface area contributed by atoms with Gasteiger partial charge in [0.25, 0.3) is 5.91 Å². The first kappa shape index (κ1) is 13.5. The molecule has 2 heterocycles. The standard InChI is InChI=1S/C13H21N3OS/c1-3-16(8-11-4-6-14-7-5-11)13(17)12-9-18-10(2)15-12/h9,11,14H,3-8H2,1-2H3. The minimum atomic E-state index is 0.0837. The van der Waals surface area contributed by atoms with E-state index in [2.05, 4.69) is 10.3 Å². The summed E-state index contributed by atoms with van der Waals surface area (Å²) in [7, 11) is 0. The van der Waals surface area contributed by atoms with Gasteiger partial charge >= 0.3 is 0 Å². The van der Waals surface area contributed by atoms with Gasteiger partial charge in [0.15, 0.2) is 0 Å². The van der Waals surface area contributed by atoms with Crippen LogP contribution in [0.5, 0.6) is 0 Å².